The van der Waals surface area contributed by atoms with E-state index >= 15 is 0 Å². The average Bonchev–Trinajstić information content (AvgIpc) is 2.07. The van der Waals surface area contributed by atoms with E-state index in [4.69, 9.17) is 0 Å². The van der Waals surface area contributed by atoms with Crippen molar-refractivity contribution in [1.82, 2.24) is 9.97 Å². The van der Waals surface area contributed by atoms with Gasteiger partial charge in [0.05, 0.1) is 6.33 Å². The number of H-pyrrole nitrogens is 1. The van der Waals surface area contributed by atoms with Gasteiger partial charge in [-0.05, 0) is 0 Å². The fourth-order valence-corrected chi connectivity index (χ4v) is 0.215. The summed E-state index contributed by atoms with van der Waals surface area (Å²) in [5.41, 5.74) is 0. The molecule has 0 bridgehead atoms. The Morgan fingerprint density at radius 2 is 1.90 bits per heavy atom. The maximum Gasteiger partial charge on any atom is 0.271 e. The van der Waals surface area contributed by atoms with Gasteiger partial charge in [-0.15, -0.1) is 0 Å². The molecule has 0 amide bonds. The van der Waals surface area contributed by atoms with E-state index in [0.29, 0.717) is 0 Å². The molecule has 6 nitrogen and oxygen atoms in total. The molecule has 58 valence electrons. The minimum atomic E-state index is -3.67. The van der Waals surface area contributed by atoms with Crippen LogP contribution in [0.2, 0.25) is 0 Å². The van der Waals surface area contributed by atoms with Crippen LogP contribution in [-0.4, -0.2) is 18.4 Å². The minimum absolute atomic E-state index is 1.62. The highest BCUT2D eigenvalue weighted by molar-refractivity contribution is 7.86. The molecule has 7 heteroatoms. The Bertz CT molecular complexity index is 214. The molecule has 1 rings (SSSR count). The van der Waals surface area contributed by atoms with Gasteiger partial charge in [-0.1, -0.05) is 0 Å². The van der Waals surface area contributed by atoms with Gasteiger partial charge in [0.1, 0.15) is 0 Å². The third-order valence-corrected chi connectivity index (χ3v) is 0.406. The van der Waals surface area contributed by atoms with Crippen LogP contribution in [0, 0.1) is 0 Å². The SMILES string of the molecule is NS(N)(=O)=O.c1c[nH]cn1. The molecule has 0 aliphatic rings. The van der Waals surface area contributed by atoms with E-state index in [0.717, 1.165) is 0 Å². The molecule has 0 unspecified atom stereocenters. The van der Waals surface area contributed by atoms with Gasteiger partial charge in [0, 0.05) is 12.4 Å². The molecule has 0 aliphatic heterocycles. The summed E-state index contributed by atoms with van der Waals surface area (Å²) in [7, 11) is -3.67. The van der Waals surface area contributed by atoms with Crippen LogP contribution < -0.4 is 10.3 Å². The summed E-state index contributed by atoms with van der Waals surface area (Å²) in [4.78, 5) is 6.42. The topological polar surface area (TPSA) is 115 Å². The molecule has 0 radical (unpaired) electrons. The maximum absolute atomic E-state index is 9.19. The molecule has 10 heavy (non-hydrogen) atoms. The molecule has 1 aromatic rings. The van der Waals surface area contributed by atoms with Gasteiger partial charge in [-0.25, -0.2) is 15.3 Å². The second-order valence-corrected chi connectivity index (χ2v) is 2.53. The minimum Gasteiger partial charge on any atom is -0.351 e. The highest BCUT2D eigenvalue weighted by Crippen LogP contribution is 1.62. The van der Waals surface area contributed by atoms with Crippen molar-refractivity contribution < 1.29 is 8.42 Å². The highest BCUT2D eigenvalue weighted by Gasteiger charge is 1.78. The van der Waals surface area contributed by atoms with E-state index < -0.39 is 10.2 Å². The van der Waals surface area contributed by atoms with E-state index in [2.05, 4.69) is 20.2 Å². The second kappa shape index (κ2) is 3.99. The lowest BCUT2D eigenvalue weighted by atomic mass is 11.0. The zero-order valence-electron chi connectivity index (χ0n) is 5.06. The van der Waals surface area contributed by atoms with Crippen molar-refractivity contribution in [3.63, 3.8) is 0 Å². The lowest BCUT2D eigenvalue weighted by molar-refractivity contribution is 0.599. The van der Waals surface area contributed by atoms with Crippen molar-refractivity contribution in [3.05, 3.63) is 18.7 Å². The standard InChI is InChI=1S/C3H4N2.H4N2O2S/c1-2-5-3-4-1;1-5(2,3)4/h1-3H,(H,4,5);(H4,1,2,3,4). The molecule has 5 N–H and O–H groups in total. The first-order chi connectivity index (χ1) is 4.50. The smallest absolute Gasteiger partial charge is 0.271 e. The molecular weight excluding hydrogens is 156 g/mol. The van der Waals surface area contributed by atoms with Crippen LogP contribution in [0.15, 0.2) is 18.7 Å². The summed E-state index contributed by atoms with van der Waals surface area (Å²) in [6.07, 6.45) is 5.08. The molecule has 0 fully saturated rings. The van der Waals surface area contributed by atoms with E-state index in [1.54, 1.807) is 18.7 Å². The van der Waals surface area contributed by atoms with E-state index in [9.17, 15) is 8.42 Å². The van der Waals surface area contributed by atoms with Crippen molar-refractivity contribution in [3.8, 4) is 0 Å². The van der Waals surface area contributed by atoms with Crippen molar-refractivity contribution in [2.45, 2.75) is 0 Å². The maximum atomic E-state index is 9.19. The fraction of sp³-hybridized carbons (Fsp3) is 0. The summed E-state index contributed by atoms with van der Waals surface area (Å²) >= 11 is 0. The van der Waals surface area contributed by atoms with Crippen LogP contribution in [0.3, 0.4) is 0 Å². The summed E-state index contributed by atoms with van der Waals surface area (Å²) < 4.78 is 18.4. The van der Waals surface area contributed by atoms with Crippen molar-refractivity contribution in [1.29, 1.82) is 0 Å². The Kier molecular flexibility index (Phi) is 3.62. The van der Waals surface area contributed by atoms with Crippen LogP contribution in [0.5, 0.6) is 0 Å². The van der Waals surface area contributed by atoms with Crippen LogP contribution in [0.4, 0.5) is 0 Å². The Morgan fingerprint density at radius 3 is 2.00 bits per heavy atom. The van der Waals surface area contributed by atoms with Crippen LogP contribution >= 0.6 is 0 Å². The second-order valence-electron chi connectivity index (χ2n) is 1.35. The first-order valence-electron chi connectivity index (χ1n) is 2.23. The number of aromatic amines is 1. The van der Waals surface area contributed by atoms with E-state index in [1.165, 1.54) is 0 Å². The zero-order chi connectivity index (χ0) is 8.04. The Hall–Kier alpha value is -0.920. The largest absolute Gasteiger partial charge is 0.351 e. The van der Waals surface area contributed by atoms with Gasteiger partial charge in [-0.2, -0.15) is 8.42 Å². The van der Waals surface area contributed by atoms with Crippen LogP contribution in [0.1, 0.15) is 0 Å². The molecule has 0 saturated heterocycles. The molecule has 0 saturated carbocycles. The summed E-state index contributed by atoms with van der Waals surface area (Å²) in [5, 5.41) is 8.21. The first kappa shape index (κ1) is 9.08. The third-order valence-electron chi connectivity index (χ3n) is 0.406. The van der Waals surface area contributed by atoms with Gasteiger partial charge in [0.2, 0.25) is 0 Å². The fourth-order valence-electron chi connectivity index (χ4n) is 0.215. The van der Waals surface area contributed by atoms with Crippen LogP contribution in [-0.2, 0) is 10.2 Å². The summed E-state index contributed by atoms with van der Waals surface area (Å²) in [6.45, 7) is 0. The number of nitrogens with one attached hydrogen (secondary N) is 1. The summed E-state index contributed by atoms with van der Waals surface area (Å²) in [6, 6.07) is 0. The number of nitrogens with two attached hydrogens (primary N) is 2. The van der Waals surface area contributed by atoms with Crippen molar-refractivity contribution >= 4 is 10.2 Å². The zero-order valence-corrected chi connectivity index (χ0v) is 5.88. The Morgan fingerprint density at radius 1 is 1.40 bits per heavy atom. The highest BCUT2D eigenvalue weighted by atomic mass is 32.2. The van der Waals surface area contributed by atoms with E-state index in [1.807, 2.05) is 0 Å². The molecule has 0 spiro atoms. The predicted molar refractivity (Wildman–Crippen MR) is 35.9 cm³/mol. The predicted octanol–water partition coefficient (Wildman–Crippen LogP) is -1.44. The molecule has 1 aromatic heterocycles. The van der Waals surface area contributed by atoms with Gasteiger partial charge in [0.15, 0.2) is 0 Å². The number of nitrogens with zero attached hydrogens (tertiary/aromatic N) is 1. The lowest BCUT2D eigenvalue weighted by Gasteiger charge is -1.72. The van der Waals surface area contributed by atoms with Crippen molar-refractivity contribution in [2.24, 2.45) is 10.3 Å². The molecule has 1 heterocycles. The number of rotatable bonds is 0. The number of imidazole rings is 1. The first-order valence-corrected chi connectivity index (χ1v) is 3.84. The average molecular weight is 164 g/mol. The normalized spacial score (nSPS) is 9.80. The molecule has 0 aliphatic carbocycles. The number of hydrogen-bond acceptors (Lipinski definition) is 3. The monoisotopic (exact) mass is 164 g/mol. The molecule has 0 aromatic carbocycles. The lowest BCUT2D eigenvalue weighted by Crippen LogP contribution is -2.21. The molecule has 0 atom stereocenters. The van der Waals surface area contributed by atoms with Crippen LogP contribution in [0.25, 0.3) is 0 Å². The Balaban J connectivity index is 0.000000162. The van der Waals surface area contributed by atoms with Gasteiger partial charge >= 0.3 is 0 Å². The van der Waals surface area contributed by atoms with E-state index in [-0.39, 0.29) is 0 Å². The van der Waals surface area contributed by atoms with Crippen molar-refractivity contribution in [2.75, 3.05) is 0 Å². The van der Waals surface area contributed by atoms with Gasteiger partial charge in [0.25, 0.3) is 10.2 Å². The third kappa shape index (κ3) is 15.7. The number of aromatic nitrogens is 2. The van der Waals surface area contributed by atoms with Gasteiger partial charge in [-0.3, -0.25) is 0 Å². The Labute approximate surface area is 58.4 Å². The quantitative estimate of drug-likeness (QED) is 0.436. The van der Waals surface area contributed by atoms with Gasteiger partial charge < -0.3 is 4.98 Å². The molecular formula is C3H8N4O2S. The number of hydrogen-bond donors (Lipinski definition) is 3. The summed E-state index contributed by atoms with van der Waals surface area (Å²) in [5.74, 6) is 0.